The Morgan fingerprint density at radius 3 is 2.95 bits per heavy atom. The Labute approximate surface area is 116 Å². The van der Waals surface area contributed by atoms with Crippen LogP contribution in [-0.2, 0) is 4.74 Å². The first-order chi connectivity index (χ1) is 9.19. The van der Waals surface area contributed by atoms with E-state index in [1.165, 1.54) is 4.68 Å². The summed E-state index contributed by atoms with van der Waals surface area (Å²) in [6.45, 7) is 2.68. The van der Waals surface area contributed by atoms with Gasteiger partial charge in [-0.1, -0.05) is 0 Å². The van der Waals surface area contributed by atoms with Gasteiger partial charge in [-0.3, -0.25) is 0 Å². The minimum absolute atomic E-state index is 0.127. The van der Waals surface area contributed by atoms with Crippen molar-refractivity contribution in [2.45, 2.75) is 19.4 Å². The summed E-state index contributed by atoms with van der Waals surface area (Å²) in [6.07, 6.45) is 4.23. The van der Waals surface area contributed by atoms with Gasteiger partial charge in [0.15, 0.2) is 0 Å². The van der Waals surface area contributed by atoms with Crippen LogP contribution in [0.2, 0.25) is 5.28 Å². The second kappa shape index (κ2) is 6.44. The van der Waals surface area contributed by atoms with Crippen molar-refractivity contribution in [2.75, 3.05) is 19.0 Å². The number of methoxy groups -OCH3 is 1. The van der Waals surface area contributed by atoms with Crippen LogP contribution in [-0.4, -0.2) is 44.5 Å². The Morgan fingerprint density at radius 1 is 1.42 bits per heavy atom. The van der Waals surface area contributed by atoms with E-state index in [1.807, 2.05) is 6.92 Å². The molecule has 1 atom stereocenters. The Balaban J connectivity index is 2.13. The summed E-state index contributed by atoms with van der Waals surface area (Å²) >= 11 is 5.89. The molecule has 1 N–H and O–H groups in total. The van der Waals surface area contributed by atoms with Gasteiger partial charge in [-0.15, -0.1) is 0 Å². The predicted molar refractivity (Wildman–Crippen MR) is 71.5 cm³/mol. The molecule has 2 aromatic rings. The van der Waals surface area contributed by atoms with Crippen LogP contribution in [0.3, 0.4) is 0 Å². The molecule has 2 heterocycles. The normalized spacial score (nSPS) is 12.4. The number of anilines is 1. The molecule has 19 heavy (non-hydrogen) atoms. The fourth-order valence-corrected chi connectivity index (χ4v) is 1.64. The van der Waals surface area contributed by atoms with E-state index >= 15 is 0 Å². The van der Waals surface area contributed by atoms with Gasteiger partial charge in [0.1, 0.15) is 0 Å². The minimum Gasteiger partial charge on any atom is -0.385 e. The van der Waals surface area contributed by atoms with E-state index in [2.05, 4.69) is 25.4 Å². The lowest BCUT2D eigenvalue weighted by Gasteiger charge is -2.13. The summed E-state index contributed by atoms with van der Waals surface area (Å²) in [5.74, 6) is 0.806. The molecule has 8 heteroatoms. The summed E-state index contributed by atoms with van der Waals surface area (Å²) in [5, 5.41) is 7.33. The molecule has 2 rings (SSSR count). The molecule has 0 saturated heterocycles. The molecule has 0 aliphatic carbocycles. The molecule has 2 aromatic heterocycles. The van der Waals surface area contributed by atoms with Crippen molar-refractivity contribution >= 4 is 17.5 Å². The van der Waals surface area contributed by atoms with Gasteiger partial charge in [0, 0.05) is 32.2 Å². The Kier molecular flexibility index (Phi) is 4.64. The predicted octanol–water partition coefficient (Wildman–Crippen LogP) is 1.55. The molecule has 0 bridgehead atoms. The van der Waals surface area contributed by atoms with Gasteiger partial charge in [-0.05, 0) is 31.0 Å². The maximum Gasteiger partial charge on any atom is 0.256 e. The average molecular weight is 283 g/mol. The van der Waals surface area contributed by atoms with Gasteiger partial charge >= 0.3 is 0 Å². The van der Waals surface area contributed by atoms with Crippen LogP contribution in [0.25, 0.3) is 5.95 Å². The molecule has 102 valence electrons. The molecule has 0 spiro atoms. The summed E-state index contributed by atoms with van der Waals surface area (Å²) in [7, 11) is 1.67. The van der Waals surface area contributed by atoms with Crippen molar-refractivity contribution in [3.05, 3.63) is 23.7 Å². The maximum atomic E-state index is 5.89. The highest BCUT2D eigenvalue weighted by molar-refractivity contribution is 6.28. The quantitative estimate of drug-likeness (QED) is 0.866. The van der Waals surface area contributed by atoms with E-state index in [9.17, 15) is 0 Å². The van der Waals surface area contributed by atoms with E-state index in [4.69, 9.17) is 16.3 Å². The second-order valence-electron chi connectivity index (χ2n) is 4.01. The van der Waals surface area contributed by atoms with E-state index < -0.39 is 0 Å². The zero-order valence-corrected chi connectivity index (χ0v) is 11.5. The highest BCUT2D eigenvalue weighted by Crippen LogP contribution is 2.10. The molecular weight excluding hydrogens is 268 g/mol. The number of ether oxygens (including phenoxy) is 1. The number of nitrogens with zero attached hydrogens (tertiary/aromatic N) is 5. The molecule has 0 aliphatic heterocycles. The summed E-state index contributed by atoms with van der Waals surface area (Å²) in [6, 6.07) is 1.95. The monoisotopic (exact) mass is 282 g/mol. The number of rotatable bonds is 6. The molecule has 0 aliphatic rings. The van der Waals surface area contributed by atoms with E-state index in [1.54, 1.807) is 25.6 Å². The molecule has 1 unspecified atom stereocenters. The van der Waals surface area contributed by atoms with E-state index in [0.717, 1.165) is 6.42 Å². The van der Waals surface area contributed by atoms with Gasteiger partial charge < -0.3 is 10.1 Å². The minimum atomic E-state index is 0.127. The van der Waals surface area contributed by atoms with Gasteiger partial charge in [0.25, 0.3) is 5.95 Å². The lowest BCUT2D eigenvalue weighted by Crippen LogP contribution is -2.20. The van der Waals surface area contributed by atoms with E-state index in [0.29, 0.717) is 18.5 Å². The molecule has 0 amide bonds. The molecule has 0 radical (unpaired) electrons. The van der Waals surface area contributed by atoms with Crippen molar-refractivity contribution in [3.63, 3.8) is 0 Å². The zero-order valence-electron chi connectivity index (χ0n) is 10.7. The van der Waals surface area contributed by atoms with Gasteiger partial charge in [-0.2, -0.15) is 20.1 Å². The lowest BCUT2D eigenvalue weighted by molar-refractivity contribution is 0.191. The third-order valence-corrected chi connectivity index (χ3v) is 2.61. The largest absolute Gasteiger partial charge is 0.385 e. The van der Waals surface area contributed by atoms with Crippen LogP contribution in [0.4, 0.5) is 5.95 Å². The third kappa shape index (κ3) is 3.87. The Morgan fingerprint density at radius 2 is 2.26 bits per heavy atom. The first kappa shape index (κ1) is 13.7. The molecule has 0 saturated carbocycles. The molecule has 7 nitrogen and oxygen atoms in total. The second-order valence-corrected chi connectivity index (χ2v) is 4.34. The smallest absolute Gasteiger partial charge is 0.256 e. The van der Waals surface area contributed by atoms with Crippen LogP contribution in [0.1, 0.15) is 13.3 Å². The van der Waals surface area contributed by atoms with Crippen molar-refractivity contribution in [2.24, 2.45) is 0 Å². The van der Waals surface area contributed by atoms with E-state index in [-0.39, 0.29) is 11.3 Å². The fourth-order valence-electron chi connectivity index (χ4n) is 1.48. The Bertz CT molecular complexity index is 518. The third-order valence-electron chi connectivity index (χ3n) is 2.44. The van der Waals surface area contributed by atoms with Crippen LogP contribution in [0, 0.1) is 0 Å². The SMILES string of the molecule is COCCC(C)Nc1nc(Cl)nc(-n2cccn2)n1. The van der Waals surface area contributed by atoms with Crippen molar-refractivity contribution in [1.82, 2.24) is 24.7 Å². The van der Waals surface area contributed by atoms with Crippen LogP contribution >= 0.6 is 11.6 Å². The average Bonchev–Trinajstić information content (AvgIpc) is 2.89. The highest BCUT2D eigenvalue weighted by atomic mass is 35.5. The van der Waals surface area contributed by atoms with Crippen LogP contribution in [0.15, 0.2) is 18.5 Å². The van der Waals surface area contributed by atoms with Crippen LogP contribution < -0.4 is 5.32 Å². The maximum absolute atomic E-state index is 5.89. The van der Waals surface area contributed by atoms with Gasteiger partial charge in [-0.25, -0.2) is 4.68 Å². The number of hydrogen-bond acceptors (Lipinski definition) is 6. The topological polar surface area (TPSA) is 77.8 Å². The molecule has 0 aromatic carbocycles. The lowest BCUT2D eigenvalue weighted by atomic mass is 10.2. The van der Waals surface area contributed by atoms with Gasteiger partial charge in [0.05, 0.1) is 0 Å². The highest BCUT2D eigenvalue weighted by Gasteiger charge is 2.09. The first-order valence-corrected chi connectivity index (χ1v) is 6.24. The van der Waals surface area contributed by atoms with Crippen molar-refractivity contribution in [1.29, 1.82) is 0 Å². The number of aromatic nitrogens is 5. The Hall–Kier alpha value is -1.73. The summed E-state index contributed by atoms with van der Waals surface area (Å²) in [5.41, 5.74) is 0. The molecule has 0 fully saturated rings. The number of nitrogens with one attached hydrogen (secondary N) is 1. The van der Waals surface area contributed by atoms with Crippen molar-refractivity contribution in [3.8, 4) is 5.95 Å². The molecular formula is C11H15ClN6O. The van der Waals surface area contributed by atoms with Gasteiger partial charge in [0.2, 0.25) is 11.2 Å². The standard InChI is InChI=1S/C11H15ClN6O/c1-8(4-7-19-2)14-10-15-9(12)16-11(17-10)18-6-3-5-13-18/h3,5-6,8H,4,7H2,1-2H3,(H,14,15,16,17). The summed E-state index contributed by atoms with van der Waals surface area (Å²) < 4.78 is 6.55. The van der Waals surface area contributed by atoms with Crippen LogP contribution in [0.5, 0.6) is 0 Å². The van der Waals surface area contributed by atoms with Crippen molar-refractivity contribution < 1.29 is 4.74 Å². The zero-order chi connectivity index (χ0) is 13.7. The number of hydrogen-bond donors (Lipinski definition) is 1. The number of halogens is 1. The first-order valence-electron chi connectivity index (χ1n) is 5.86. The fraction of sp³-hybridized carbons (Fsp3) is 0.455. The summed E-state index contributed by atoms with van der Waals surface area (Å²) in [4.78, 5) is 12.3.